The number of phosphoric ester groups is 1. The minimum Gasteiger partial charge on any atom is -0.489 e. The first-order valence-electron chi connectivity index (χ1n) is 8.64. The summed E-state index contributed by atoms with van der Waals surface area (Å²) in [5.41, 5.74) is 4.30. The molecule has 0 saturated heterocycles. The molecule has 0 aliphatic heterocycles. The predicted octanol–water partition coefficient (Wildman–Crippen LogP) is 4.03. The summed E-state index contributed by atoms with van der Waals surface area (Å²) in [6.45, 7) is 0.176. The number of rotatable bonds is 8. The van der Waals surface area contributed by atoms with E-state index in [0.29, 0.717) is 17.9 Å². The lowest BCUT2D eigenvalue weighted by molar-refractivity contribution is 0.189. The molecule has 3 aromatic carbocycles. The van der Waals surface area contributed by atoms with E-state index >= 15 is 0 Å². The molecule has 0 aliphatic carbocycles. The van der Waals surface area contributed by atoms with Crippen molar-refractivity contribution in [1.82, 2.24) is 0 Å². The molecular formula is C21H21O6P. The molecular weight excluding hydrogens is 379 g/mol. The summed E-state index contributed by atoms with van der Waals surface area (Å²) in [6, 6.07) is 22.4. The summed E-state index contributed by atoms with van der Waals surface area (Å²) in [5, 5.41) is 9.38. The molecule has 0 unspecified atom stereocenters. The molecule has 0 radical (unpaired) electrons. The first-order valence-corrected chi connectivity index (χ1v) is 10.2. The summed E-state index contributed by atoms with van der Waals surface area (Å²) < 4.78 is 21.2. The van der Waals surface area contributed by atoms with E-state index in [2.05, 4.69) is 4.52 Å². The summed E-state index contributed by atoms with van der Waals surface area (Å²) in [5.74, 6) is 0.706. The van der Waals surface area contributed by atoms with Crippen molar-refractivity contribution in [2.75, 3.05) is 0 Å². The topological polar surface area (TPSA) is 96.2 Å². The second kappa shape index (κ2) is 9.15. The Hall–Kier alpha value is -2.47. The van der Waals surface area contributed by atoms with Gasteiger partial charge in [-0.2, -0.15) is 0 Å². The van der Waals surface area contributed by atoms with E-state index in [4.69, 9.17) is 14.5 Å². The van der Waals surface area contributed by atoms with E-state index in [9.17, 15) is 9.67 Å². The van der Waals surface area contributed by atoms with Crippen LogP contribution in [0.2, 0.25) is 0 Å². The molecule has 0 atom stereocenters. The molecule has 146 valence electrons. The fourth-order valence-electron chi connectivity index (χ4n) is 2.76. The minimum absolute atomic E-state index is 0.0272. The third-order valence-corrected chi connectivity index (χ3v) is 4.66. The molecule has 0 bridgehead atoms. The highest BCUT2D eigenvalue weighted by Crippen LogP contribution is 2.37. The second-order valence-electron chi connectivity index (χ2n) is 6.20. The van der Waals surface area contributed by atoms with E-state index in [0.717, 1.165) is 22.3 Å². The largest absolute Gasteiger partial charge is 0.489 e. The Labute approximate surface area is 163 Å². The quantitative estimate of drug-likeness (QED) is 0.494. The molecule has 6 nitrogen and oxygen atoms in total. The van der Waals surface area contributed by atoms with Crippen LogP contribution in [0.25, 0.3) is 11.1 Å². The van der Waals surface area contributed by atoms with Crippen LogP contribution in [0.4, 0.5) is 0 Å². The van der Waals surface area contributed by atoms with Gasteiger partial charge in [0.1, 0.15) is 12.4 Å². The van der Waals surface area contributed by atoms with Crippen molar-refractivity contribution in [1.29, 1.82) is 0 Å². The van der Waals surface area contributed by atoms with Gasteiger partial charge in [-0.3, -0.25) is 4.52 Å². The molecule has 3 rings (SSSR count). The van der Waals surface area contributed by atoms with Crippen molar-refractivity contribution < 1.29 is 28.7 Å². The van der Waals surface area contributed by atoms with E-state index in [1.807, 2.05) is 66.7 Å². The van der Waals surface area contributed by atoms with Gasteiger partial charge in [0.2, 0.25) is 0 Å². The predicted molar refractivity (Wildman–Crippen MR) is 105 cm³/mol. The zero-order valence-corrected chi connectivity index (χ0v) is 16.0. The number of aliphatic hydroxyl groups excluding tert-OH is 1. The standard InChI is InChI=1S/C21H21O6P/c22-13-19-5-1-2-6-20(19)15-26-21-10-8-17(9-11-21)18-7-3-4-16(12-18)14-27-28(23,24)25/h1-12,22H,13-15H2,(H2,23,24,25). The monoisotopic (exact) mass is 400 g/mol. The average Bonchev–Trinajstić information content (AvgIpc) is 2.71. The summed E-state index contributed by atoms with van der Waals surface area (Å²) in [4.78, 5) is 17.6. The maximum atomic E-state index is 10.8. The number of ether oxygens (including phenoxy) is 1. The number of benzene rings is 3. The van der Waals surface area contributed by atoms with Crippen LogP contribution in [-0.4, -0.2) is 14.9 Å². The van der Waals surface area contributed by atoms with E-state index in [-0.39, 0.29) is 13.2 Å². The molecule has 3 aromatic rings. The van der Waals surface area contributed by atoms with Crippen LogP contribution in [0.15, 0.2) is 72.8 Å². The van der Waals surface area contributed by atoms with Crippen molar-refractivity contribution in [2.24, 2.45) is 0 Å². The van der Waals surface area contributed by atoms with E-state index in [1.165, 1.54) is 0 Å². The van der Waals surface area contributed by atoms with Gasteiger partial charge in [0.15, 0.2) is 0 Å². The van der Waals surface area contributed by atoms with Crippen LogP contribution in [0, 0.1) is 0 Å². The smallest absolute Gasteiger partial charge is 0.469 e. The van der Waals surface area contributed by atoms with Crippen LogP contribution >= 0.6 is 7.82 Å². The number of aliphatic hydroxyl groups is 1. The normalized spacial score (nSPS) is 11.4. The molecule has 28 heavy (non-hydrogen) atoms. The number of hydrogen-bond acceptors (Lipinski definition) is 4. The fourth-order valence-corrected chi connectivity index (χ4v) is 3.07. The van der Waals surface area contributed by atoms with E-state index in [1.54, 1.807) is 6.07 Å². The van der Waals surface area contributed by atoms with Crippen LogP contribution in [-0.2, 0) is 28.9 Å². The third-order valence-electron chi connectivity index (χ3n) is 4.20. The van der Waals surface area contributed by atoms with Crippen molar-refractivity contribution >= 4 is 7.82 Å². The Morgan fingerprint density at radius 2 is 1.50 bits per heavy atom. The second-order valence-corrected chi connectivity index (χ2v) is 7.44. The van der Waals surface area contributed by atoms with Crippen molar-refractivity contribution in [2.45, 2.75) is 19.8 Å². The minimum atomic E-state index is -4.50. The van der Waals surface area contributed by atoms with Crippen LogP contribution in [0.5, 0.6) is 5.75 Å². The number of phosphoric acid groups is 1. The van der Waals surface area contributed by atoms with Gasteiger partial charge >= 0.3 is 7.82 Å². The molecule has 0 saturated carbocycles. The van der Waals surface area contributed by atoms with Crippen molar-refractivity contribution in [3.8, 4) is 16.9 Å². The zero-order chi connectivity index (χ0) is 20.0. The lowest BCUT2D eigenvalue weighted by atomic mass is 10.0. The lowest BCUT2D eigenvalue weighted by Crippen LogP contribution is -2.00. The first-order chi connectivity index (χ1) is 13.4. The maximum absolute atomic E-state index is 10.8. The van der Waals surface area contributed by atoms with Gasteiger partial charge in [0.25, 0.3) is 0 Å². The highest BCUT2D eigenvalue weighted by molar-refractivity contribution is 7.46. The average molecular weight is 400 g/mol. The summed E-state index contributed by atoms with van der Waals surface area (Å²) in [6.07, 6.45) is 0. The van der Waals surface area contributed by atoms with E-state index < -0.39 is 7.82 Å². The zero-order valence-electron chi connectivity index (χ0n) is 15.1. The molecule has 7 heteroatoms. The van der Waals surface area contributed by atoms with Gasteiger partial charge in [-0.25, -0.2) is 4.57 Å². The van der Waals surface area contributed by atoms with Gasteiger partial charge in [-0.15, -0.1) is 0 Å². The Morgan fingerprint density at radius 3 is 2.18 bits per heavy atom. The lowest BCUT2D eigenvalue weighted by Gasteiger charge is -2.11. The van der Waals surface area contributed by atoms with Crippen LogP contribution in [0.1, 0.15) is 16.7 Å². The molecule has 0 aromatic heterocycles. The first kappa shape index (κ1) is 20.3. The Kier molecular flexibility index (Phi) is 6.62. The van der Waals surface area contributed by atoms with Crippen LogP contribution < -0.4 is 4.74 Å². The SMILES string of the molecule is O=P(O)(O)OCc1cccc(-c2ccc(OCc3ccccc3CO)cc2)c1. The van der Waals surface area contributed by atoms with Gasteiger partial charge in [0, 0.05) is 0 Å². The van der Waals surface area contributed by atoms with Gasteiger partial charge in [-0.1, -0.05) is 54.6 Å². The van der Waals surface area contributed by atoms with Gasteiger partial charge in [-0.05, 0) is 46.0 Å². The molecule has 0 amide bonds. The molecule has 0 fully saturated rings. The highest BCUT2D eigenvalue weighted by Gasteiger charge is 2.13. The summed E-state index contributed by atoms with van der Waals surface area (Å²) in [7, 11) is -4.50. The number of hydrogen-bond donors (Lipinski definition) is 3. The molecule has 3 N–H and O–H groups in total. The maximum Gasteiger partial charge on any atom is 0.469 e. The Balaban J connectivity index is 1.66. The Morgan fingerprint density at radius 1 is 0.786 bits per heavy atom. The van der Waals surface area contributed by atoms with Crippen molar-refractivity contribution in [3.63, 3.8) is 0 Å². The van der Waals surface area contributed by atoms with Gasteiger partial charge < -0.3 is 19.6 Å². The molecule has 0 heterocycles. The Bertz CT molecular complexity index is 965. The van der Waals surface area contributed by atoms with Crippen LogP contribution in [0.3, 0.4) is 0 Å². The molecule has 0 aliphatic rings. The fraction of sp³-hybridized carbons (Fsp3) is 0.143. The van der Waals surface area contributed by atoms with Gasteiger partial charge in [0.05, 0.1) is 13.2 Å². The third kappa shape index (κ3) is 5.76. The summed E-state index contributed by atoms with van der Waals surface area (Å²) >= 11 is 0. The van der Waals surface area contributed by atoms with Crippen molar-refractivity contribution in [3.05, 3.63) is 89.5 Å². The molecule has 0 spiro atoms. The highest BCUT2D eigenvalue weighted by atomic mass is 31.2.